The minimum atomic E-state index is 0.720. The van der Waals surface area contributed by atoms with Crippen molar-refractivity contribution >= 4 is 0 Å². The van der Waals surface area contributed by atoms with Gasteiger partial charge in [0.05, 0.1) is 0 Å². The summed E-state index contributed by atoms with van der Waals surface area (Å²) < 4.78 is 0. The molecule has 0 aromatic heterocycles. The highest BCUT2D eigenvalue weighted by Gasteiger charge is 2.26. The maximum absolute atomic E-state index is 5.25. The van der Waals surface area contributed by atoms with E-state index in [9.17, 15) is 0 Å². The summed E-state index contributed by atoms with van der Waals surface area (Å²) in [7, 11) is 0. The molecular weight excluding hydrogens is 170 g/mol. The van der Waals surface area contributed by atoms with Crippen molar-refractivity contribution in [3.8, 4) is 12.3 Å². The van der Waals surface area contributed by atoms with E-state index in [0.29, 0.717) is 0 Å². The van der Waals surface area contributed by atoms with E-state index < -0.39 is 0 Å². The maximum atomic E-state index is 5.25. The average molecular weight is 193 g/mol. The van der Waals surface area contributed by atoms with Gasteiger partial charge in [-0.2, -0.15) is 0 Å². The Bertz CT molecular complexity index is 190. The summed E-state index contributed by atoms with van der Waals surface area (Å²) in [5.74, 6) is 4.36. The van der Waals surface area contributed by atoms with Crippen LogP contribution in [0.1, 0.15) is 46.0 Å². The Hall–Kier alpha value is -0.480. The normalized spacial score (nSPS) is 27.6. The first kappa shape index (κ1) is 11.6. The second-order valence-corrected chi connectivity index (χ2v) is 4.71. The number of hydrogen-bond donors (Lipinski definition) is 1. The molecule has 0 amide bonds. The van der Waals surface area contributed by atoms with Crippen LogP contribution < -0.4 is 5.32 Å². The van der Waals surface area contributed by atoms with Crippen molar-refractivity contribution in [2.45, 2.75) is 52.0 Å². The number of nitrogens with one attached hydrogen (secondary N) is 1. The first-order valence-corrected chi connectivity index (χ1v) is 5.92. The lowest BCUT2D eigenvalue weighted by atomic mass is 9.78. The van der Waals surface area contributed by atoms with Gasteiger partial charge in [0.1, 0.15) is 0 Å². The smallest absolute Gasteiger partial charge is 0.0212 e. The van der Waals surface area contributed by atoms with Gasteiger partial charge in [0.2, 0.25) is 0 Å². The standard InChI is InChI=1S/C13H23N/c1-4-5-10-14-13-9-7-6-8-12(13)11(2)3/h1,11-14H,5-10H2,2-3H3. The molecular formula is C13H23N. The SMILES string of the molecule is C#CCCNC1CCCCC1C(C)C. The summed E-state index contributed by atoms with van der Waals surface area (Å²) in [4.78, 5) is 0. The molecule has 2 unspecified atom stereocenters. The van der Waals surface area contributed by atoms with Gasteiger partial charge in [-0.05, 0) is 24.7 Å². The van der Waals surface area contributed by atoms with Crippen LogP contribution in [0.5, 0.6) is 0 Å². The van der Waals surface area contributed by atoms with Gasteiger partial charge >= 0.3 is 0 Å². The molecule has 2 atom stereocenters. The molecule has 1 aliphatic rings. The van der Waals surface area contributed by atoms with Crippen LogP contribution >= 0.6 is 0 Å². The van der Waals surface area contributed by atoms with Gasteiger partial charge in [0.15, 0.2) is 0 Å². The summed E-state index contributed by atoms with van der Waals surface area (Å²) in [6.45, 7) is 5.67. The Balaban J connectivity index is 2.35. The molecule has 1 nitrogen and oxygen atoms in total. The molecule has 0 heterocycles. The summed E-state index contributed by atoms with van der Waals surface area (Å²) in [5.41, 5.74) is 0. The van der Waals surface area contributed by atoms with Crippen molar-refractivity contribution in [3.63, 3.8) is 0 Å². The largest absolute Gasteiger partial charge is 0.313 e. The molecule has 0 bridgehead atoms. The lowest BCUT2D eigenvalue weighted by Crippen LogP contribution is -2.41. The van der Waals surface area contributed by atoms with Gasteiger partial charge in [0, 0.05) is 19.0 Å². The first-order chi connectivity index (χ1) is 6.75. The van der Waals surface area contributed by atoms with Crippen LogP contribution in [0.2, 0.25) is 0 Å². The molecule has 1 heteroatoms. The fourth-order valence-corrected chi connectivity index (χ4v) is 2.54. The third kappa shape index (κ3) is 3.35. The number of terminal acetylenes is 1. The van der Waals surface area contributed by atoms with E-state index in [1.54, 1.807) is 0 Å². The van der Waals surface area contributed by atoms with Crippen molar-refractivity contribution < 1.29 is 0 Å². The number of hydrogen-bond acceptors (Lipinski definition) is 1. The molecule has 0 aliphatic heterocycles. The van der Waals surface area contributed by atoms with Gasteiger partial charge in [-0.1, -0.05) is 26.7 Å². The van der Waals surface area contributed by atoms with Crippen LogP contribution in [0, 0.1) is 24.2 Å². The van der Waals surface area contributed by atoms with Crippen LogP contribution in [-0.4, -0.2) is 12.6 Å². The van der Waals surface area contributed by atoms with E-state index in [1.165, 1.54) is 25.7 Å². The molecule has 1 aliphatic carbocycles. The second kappa shape index (κ2) is 6.09. The third-order valence-electron chi connectivity index (χ3n) is 3.35. The van der Waals surface area contributed by atoms with Crippen LogP contribution in [0.4, 0.5) is 0 Å². The van der Waals surface area contributed by atoms with Crippen molar-refractivity contribution in [3.05, 3.63) is 0 Å². The Labute approximate surface area is 88.7 Å². The quantitative estimate of drug-likeness (QED) is 0.535. The monoisotopic (exact) mass is 193 g/mol. The fraction of sp³-hybridized carbons (Fsp3) is 0.846. The molecule has 0 saturated heterocycles. The minimum Gasteiger partial charge on any atom is -0.313 e. The lowest BCUT2D eigenvalue weighted by molar-refractivity contribution is 0.207. The average Bonchev–Trinajstić information content (AvgIpc) is 2.19. The summed E-state index contributed by atoms with van der Waals surface area (Å²) in [6, 6.07) is 0.720. The highest BCUT2D eigenvalue weighted by Crippen LogP contribution is 2.29. The zero-order valence-electron chi connectivity index (χ0n) is 9.55. The third-order valence-corrected chi connectivity index (χ3v) is 3.35. The second-order valence-electron chi connectivity index (χ2n) is 4.71. The molecule has 0 radical (unpaired) electrons. The predicted octanol–water partition coefficient (Wildman–Crippen LogP) is 2.81. The number of rotatable bonds is 4. The maximum Gasteiger partial charge on any atom is 0.0212 e. The van der Waals surface area contributed by atoms with Crippen molar-refractivity contribution in [2.75, 3.05) is 6.54 Å². The van der Waals surface area contributed by atoms with Gasteiger partial charge in [-0.15, -0.1) is 12.3 Å². The predicted molar refractivity (Wildman–Crippen MR) is 62.0 cm³/mol. The molecule has 0 aromatic carbocycles. The van der Waals surface area contributed by atoms with Gasteiger partial charge in [0.25, 0.3) is 0 Å². The Morgan fingerprint density at radius 1 is 1.36 bits per heavy atom. The van der Waals surface area contributed by atoms with E-state index in [0.717, 1.165) is 30.8 Å². The lowest BCUT2D eigenvalue weighted by Gasteiger charge is -2.35. The van der Waals surface area contributed by atoms with Gasteiger partial charge in [-0.3, -0.25) is 0 Å². The fourth-order valence-electron chi connectivity index (χ4n) is 2.54. The van der Waals surface area contributed by atoms with Crippen LogP contribution in [0.25, 0.3) is 0 Å². The topological polar surface area (TPSA) is 12.0 Å². The van der Waals surface area contributed by atoms with E-state index in [2.05, 4.69) is 25.1 Å². The van der Waals surface area contributed by atoms with E-state index in [-0.39, 0.29) is 0 Å². The molecule has 1 N–H and O–H groups in total. The highest BCUT2D eigenvalue weighted by molar-refractivity contribution is 4.87. The molecule has 80 valence electrons. The Morgan fingerprint density at radius 3 is 2.71 bits per heavy atom. The summed E-state index contributed by atoms with van der Waals surface area (Å²) in [6.07, 6.45) is 11.6. The van der Waals surface area contributed by atoms with Crippen LogP contribution in [0.15, 0.2) is 0 Å². The summed E-state index contributed by atoms with van der Waals surface area (Å²) in [5, 5.41) is 3.61. The Morgan fingerprint density at radius 2 is 2.07 bits per heavy atom. The molecule has 0 spiro atoms. The minimum absolute atomic E-state index is 0.720. The molecule has 1 rings (SSSR count). The molecule has 1 saturated carbocycles. The molecule has 14 heavy (non-hydrogen) atoms. The van der Waals surface area contributed by atoms with E-state index in [1.807, 2.05) is 0 Å². The summed E-state index contributed by atoms with van der Waals surface area (Å²) >= 11 is 0. The van der Waals surface area contributed by atoms with Gasteiger partial charge in [-0.25, -0.2) is 0 Å². The van der Waals surface area contributed by atoms with Crippen molar-refractivity contribution in [2.24, 2.45) is 11.8 Å². The molecule has 0 aromatic rings. The van der Waals surface area contributed by atoms with Crippen molar-refractivity contribution in [1.29, 1.82) is 0 Å². The van der Waals surface area contributed by atoms with E-state index in [4.69, 9.17) is 6.42 Å². The highest BCUT2D eigenvalue weighted by atomic mass is 14.9. The van der Waals surface area contributed by atoms with Crippen LogP contribution in [0.3, 0.4) is 0 Å². The Kier molecular flexibility index (Phi) is 5.04. The van der Waals surface area contributed by atoms with Crippen LogP contribution in [-0.2, 0) is 0 Å². The first-order valence-electron chi connectivity index (χ1n) is 5.92. The zero-order chi connectivity index (χ0) is 10.4. The van der Waals surface area contributed by atoms with Gasteiger partial charge < -0.3 is 5.32 Å². The van der Waals surface area contributed by atoms with E-state index >= 15 is 0 Å². The molecule has 1 fully saturated rings. The zero-order valence-corrected chi connectivity index (χ0v) is 9.55. The van der Waals surface area contributed by atoms with Crippen molar-refractivity contribution in [1.82, 2.24) is 5.32 Å².